The van der Waals surface area contributed by atoms with Crippen molar-refractivity contribution in [3.8, 4) is 0 Å². The van der Waals surface area contributed by atoms with Crippen LogP contribution in [-0.2, 0) is 9.53 Å². The minimum Gasteiger partial charge on any atom is -0.383 e. The van der Waals surface area contributed by atoms with Gasteiger partial charge in [0, 0.05) is 13.0 Å². The maximum atomic E-state index is 11.9. The highest BCUT2D eigenvalue weighted by Crippen LogP contribution is 2.48. The van der Waals surface area contributed by atoms with Gasteiger partial charge in [0.1, 0.15) is 0 Å². The topological polar surface area (TPSA) is 52.3 Å². The lowest BCUT2D eigenvalue weighted by Gasteiger charge is -2.08. The van der Waals surface area contributed by atoms with Crippen molar-refractivity contribution in [2.24, 2.45) is 11.7 Å². The highest BCUT2D eigenvalue weighted by Gasteiger charge is 2.45. The summed E-state index contributed by atoms with van der Waals surface area (Å²) in [5.41, 5.74) is 6.98. The van der Waals surface area contributed by atoms with Gasteiger partial charge in [0.05, 0.1) is 12.6 Å². The van der Waals surface area contributed by atoms with Gasteiger partial charge in [0.2, 0.25) is 0 Å². The van der Waals surface area contributed by atoms with Gasteiger partial charge in [-0.2, -0.15) is 0 Å². The summed E-state index contributed by atoms with van der Waals surface area (Å²) in [5, 5.41) is 0. The lowest BCUT2D eigenvalue weighted by molar-refractivity contribution is -0.122. The van der Waals surface area contributed by atoms with Crippen LogP contribution in [0.3, 0.4) is 0 Å². The first-order valence-corrected chi connectivity index (χ1v) is 5.57. The number of rotatable bonds is 5. The molecule has 1 fully saturated rings. The molecule has 0 heterocycles. The van der Waals surface area contributed by atoms with E-state index in [2.05, 4.69) is 12.1 Å². The molecule has 1 aromatic carbocycles. The summed E-state index contributed by atoms with van der Waals surface area (Å²) in [6.07, 6.45) is 0.931. The summed E-state index contributed by atoms with van der Waals surface area (Å²) in [7, 11) is 1.56. The van der Waals surface area contributed by atoms with Gasteiger partial charge in [-0.3, -0.25) is 4.79 Å². The molecule has 3 unspecified atom stereocenters. The smallest absolute Gasteiger partial charge is 0.155 e. The Bertz CT molecular complexity index is 363. The molecular weight excluding hydrogens is 202 g/mol. The summed E-state index contributed by atoms with van der Waals surface area (Å²) in [5.74, 6) is 0.611. The predicted molar refractivity (Wildman–Crippen MR) is 62.1 cm³/mol. The molecule has 0 aromatic heterocycles. The quantitative estimate of drug-likeness (QED) is 0.813. The van der Waals surface area contributed by atoms with Crippen LogP contribution >= 0.6 is 0 Å². The van der Waals surface area contributed by atoms with Crippen LogP contribution in [0.2, 0.25) is 0 Å². The number of nitrogens with two attached hydrogens (primary N) is 1. The Morgan fingerprint density at radius 2 is 2.19 bits per heavy atom. The van der Waals surface area contributed by atoms with Crippen LogP contribution < -0.4 is 5.73 Å². The maximum absolute atomic E-state index is 11.9. The Labute approximate surface area is 95.6 Å². The van der Waals surface area contributed by atoms with Gasteiger partial charge >= 0.3 is 0 Å². The molecule has 0 amide bonds. The Hall–Kier alpha value is -1.19. The third-order valence-electron chi connectivity index (χ3n) is 3.10. The molecule has 3 atom stereocenters. The molecule has 0 spiro atoms. The van der Waals surface area contributed by atoms with Crippen LogP contribution in [0.25, 0.3) is 0 Å². The average Bonchev–Trinajstić information content (AvgIpc) is 3.09. The van der Waals surface area contributed by atoms with Crippen LogP contribution in [0.5, 0.6) is 0 Å². The van der Waals surface area contributed by atoms with Crippen molar-refractivity contribution >= 4 is 5.78 Å². The van der Waals surface area contributed by atoms with Crippen LogP contribution in [0.1, 0.15) is 17.9 Å². The first-order chi connectivity index (χ1) is 7.74. The molecule has 0 radical (unpaired) electrons. The zero-order valence-electron chi connectivity index (χ0n) is 9.43. The highest BCUT2D eigenvalue weighted by molar-refractivity contribution is 5.89. The first kappa shape index (κ1) is 11.3. The molecule has 0 aliphatic heterocycles. The summed E-state index contributed by atoms with van der Waals surface area (Å²) in [4.78, 5) is 11.9. The molecule has 2 N–H and O–H groups in total. The van der Waals surface area contributed by atoms with E-state index in [4.69, 9.17) is 10.5 Å². The summed E-state index contributed by atoms with van der Waals surface area (Å²) in [6.45, 7) is 0.316. The average molecular weight is 219 g/mol. The molecule has 1 aliphatic rings. The van der Waals surface area contributed by atoms with E-state index in [-0.39, 0.29) is 11.7 Å². The van der Waals surface area contributed by atoms with Crippen LogP contribution in [0, 0.1) is 5.92 Å². The highest BCUT2D eigenvalue weighted by atomic mass is 16.5. The Morgan fingerprint density at radius 1 is 1.50 bits per heavy atom. The minimum atomic E-state index is -0.469. The van der Waals surface area contributed by atoms with Gasteiger partial charge in [-0.05, 0) is 17.9 Å². The van der Waals surface area contributed by atoms with Gasteiger partial charge in [0.15, 0.2) is 5.78 Å². The number of hydrogen-bond donors (Lipinski definition) is 1. The van der Waals surface area contributed by atoms with Crippen molar-refractivity contribution in [3.05, 3.63) is 35.9 Å². The van der Waals surface area contributed by atoms with Crippen LogP contribution in [0.4, 0.5) is 0 Å². The fraction of sp³-hybridized carbons (Fsp3) is 0.462. The number of carbonyl (C=O) groups is 1. The third kappa shape index (κ3) is 2.31. The maximum Gasteiger partial charge on any atom is 0.155 e. The number of ether oxygens (including phenoxy) is 1. The largest absolute Gasteiger partial charge is 0.383 e. The van der Waals surface area contributed by atoms with Gasteiger partial charge in [-0.15, -0.1) is 0 Å². The molecule has 3 heteroatoms. The molecule has 86 valence electrons. The number of carbonyl (C=O) groups excluding carboxylic acids is 1. The molecule has 1 aliphatic carbocycles. The normalized spacial score (nSPS) is 25.1. The van der Waals surface area contributed by atoms with E-state index in [1.54, 1.807) is 7.11 Å². The molecule has 16 heavy (non-hydrogen) atoms. The zero-order chi connectivity index (χ0) is 11.5. The molecule has 3 nitrogen and oxygen atoms in total. The minimum absolute atomic E-state index is 0.104. The second-order valence-corrected chi connectivity index (χ2v) is 4.32. The second kappa shape index (κ2) is 4.76. The molecule has 1 saturated carbocycles. The van der Waals surface area contributed by atoms with Gasteiger partial charge in [-0.25, -0.2) is 0 Å². The van der Waals surface area contributed by atoms with E-state index < -0.39 is 6.04 Å². The van der Waals surface area contributed by atoms with E-state index in [1.807, 2.05) is 18.2 Å². The standard InChI is InChI=1S/C13H17NO2/c1-16-8-12(14)13(15)11-7-10(11)9-5-3-2-4-6-9/h2-6,10-12H,7-8,14H2,1H3. The Morgan fingerprint density at radius 3 is 2.81 bits per heavy atom. The second-order valence-electron chi connectivity index (χ2n) is 4.32. The van der Waals surface area contributed by atoms with Crippen molar-refractivity contribution in [1.82, 2.24) is 0 Å². The Kier molecular flexibility index (Phi) is 3.36. The number of hydrogen-bond acceptors (Lipinski definition) is 3. The number of benzene rings is 1. The van der Waals surface area contributed by atoms with Crippen molar-refractivity contribution in [2.45, 2.75) is 18.4 Å². The zero-order valence-corrected chi connectivity index (χ0v) is 9.43. The lowest BCUT2D eigenvalue weighted by Crippen LogP contribution is -2.36. The van der Waals surface area contributed by atoms with E-state index in [0.717, 1.165) is 6.42 Å². The SMILES string of the molecule is COCC(N)C(=O)C1CC1c1ccccc1. The van der Waals surface area contributed by atoms with Crippen molar-refractivity contribution in [2.75, 3.05) is 13.7 Å². The summed E-state index contributed by atoms with van der Waals surface area (Å²) in [6, 6.07) is 9.66. The predicted octanol–water partition coefficient (Wildman–Crippen LogP) is 1.33. The fourth-order valence-corrected chi connectivity index (χ4v) is 2.11. The van der Waals surface area contributed by atoms with Gasteiger partial charge in [-0.1, -0.05) is 30.3 Å². The van der Waals surface area contributed by atoms with E-state index >= 15 is 0 Å². The summed E-state index contributed by atoms with van der Waals surface area (Å²) < 4.78 is 4.90. The van der Waals surface area contributed by atoms with Crippen molar-refractivity contribution in [3.63, 3.8) is 0 Å². The van der Waals surface area contributed by atoms with Gasteiger partial charge < -0.3 is 10.5 Å². The monoisotopic (exact) mass is 219 g/mol. The molecule has 0 bridgehead atoms. The Balaban J connectivity index is 1.94. The molecule has 2 rings (SSSR count). The molecule has 1 aromatic rings. The van der Waals surface area contributed by atoms with E-state index in [1.165, 1.54) is 5.56 Å². The van der Waals surface area contributed by atoms with Crippen molar-refractivity contribution in [1.29, 1.82) is 0 Å². The number of methoxy groups -OCH3 is 1. The molecule has 0 saturated heterocycles. The first-order valence-electron chi connectivity index (χ1n) is 5.57. The number of Topliss-reactive ketones (excluding diaryl/α,β-unsaturated/α-hetero) is 1. The fourth-order valence-electron chi connectivity index (χ4n) is 2.11. The van der Waals surface area contributed by atoms with Crippen LogP contribution in [0.15, 0.2) is 30.3 Å². The van der Waals surface area contributed by atoms with E-state index in [9.17, 15) is 4.79 Å². The van der Waals surface area contributed by atoms with Crippen molar-refractivity contribution < 1.29 is 9.53 Å². The summed E-state index contributed by atoms with van der Waals surface area (Å²) >= 11 is 0. The lowest BCUT2D eigenvalue weighted by atomic mass is 10.0. The molecular formula is C13H17NO2. The number of ketones is 1. The van der Waals surface area contributed by atoms with Crippen LogP contribution in [-0.4, -0.2) is 25.5 Å². The van der Waals surface area contributed by atoms with E-state index in [0.29, 0.717) is 12.5 Å². The third-order valence-corrected chi connectivity index (χ3v) is 3.10. The van der Waals surface area contributed by atoms with Gasteiger partial charge in [0.25, 0.3) is 0 Å².